The van der Waals surface area contributed by atoms with E-state index in [0.717, 1.165) is 36.4 Å². The van der Waals surface area contributed by atoms with Crippen molar-refractivity contribution in [3.05, 3.63) is 39.8 Å². The highest BCUT2D eigenvalue weighted by atomic mass is 32.1. The number of thiophene rings is 1. The van der Waals surface area contributed by atoms with Crippen molar-refractivity contribution < 1.29 is 9.90 Å². The van der Waals surface area contributed by atoms with Crippen molar-refractivity contribution in [3.63, 3.8) is 0 Å². The first kappa shape index (κ1) is 16.2. The summed E-state index contributed by atoms with van der Waals surface area (Å²) in [4.78, 5) is 13.4. The summed E-state index contributed by atoms with van der Waals surface area (Å²) < 4.78 is 1.96. The van der Waals surface area contributed by atoms with Gasteiger partial charge in [0, 0.05) is 17.3 Å². The number of aryl methyl sites for hydroxylation is 1. The Morgan fingerprint density at radius 1 is 1.57 bits per heavy atom. The molecule has 1 unspecified atom stereocenters. The van der Waals surface area contributed by atoms with Crippen molar-refractivity contribution in [2.24, 2.45) is 0 Å². The number of hydrogen-bond donors (Lipinski definition) is 2. The minimum Gasteiger partial charge on any atom is -0.383 e. The van der Waals surface area contributed by atoms with Gasteiger partial charge in [-0.1, -0.05) is 13.0 Å². The maximum Gasteiger partial charge on any atom is 0.254 e. The number of rotatable bonds is 7. The van der Waals surface area contributed by atoms with E-state index >= 15 is 0 Å². The van der Waals surface area contributed by atoms with E-state index in [1.165, 1.54) is 11.3 Å². The first-order valence-corrected chi connectivity index (χ1v) is 9.01. The molecular formula is C17H23N3O2S. The van der Waals surface area contributed by atoms with E-state index in [4.69, 9.17) is 0 Å². The highest BCUT2D eigenvalue weighted by Gasteiger charge is 2.33. The van der Waals surface area contributed by atoms with Crippen LogP contribution >= 0.6 is 11.3 Å². The largest absolute Gasteiger partial charge is 0.383 e. The van der Waals surface area contributed by atoms with E-state index in [1.807, 2.05) is 22.2 Å². The molecule has 2 N–H and O–H groups in total. The van der Waals surface area contributed by atoms with Gasteiger partial charge in [0.15, 0.2) is 0 Å². The highest BCUT2D eigenvalue weighted by molar-refractivity contribution is 7.10. The van der Waals surface area contributed by atoms with Crippen LogP contribution in [0, 0.1) is 0 Å². The second-order valence-electron chi connectivity index (χ2n) is 6.37. The summed E-state index contributed by atoms with van der Waals surface area (Å²) in [5.74, 6) is 0.314. The fraction of sp³-hybridized carbons (Fsp3) is 0.529. The molecule has 0 spiro atoms. The molecule has 1 fully saturated rings. The predicted molar refractivity (Wildman–Crippen MR) is 90.7 cm³/mol. The number of hydrogen-bond acceptors (Lipinski definition) is 4. The molecule has 1 amide bonds. The van der Waals surface area contributed by atoms with Crippen molar-refractivity contribution in [1.82, 2.24) is 15.1 Å². The Morgan fingerprint density at radius 2 is 2.35 bits per heavy atom. The topological polar surface area (TPSA) is 67.2 Å². The Hall–Kier alpha value is -1.66. The number of carbonyl (C=O) groups is 1. The smallest absolute Gasteiger partial charge is 0.254 e. The Labute approximate surface area is 140 Å². The molecule has 1 aliphatic carbocycles. The van der Waals surface area contributed by atoms with Gasteiger partial charge in [0.2, 0.25) is 0 Å². The lowest BCUT2D eigenvalue weighted by Crippen LogP contribution is -2.38. The van der Waals surface area contributed by atoms with E-state index in [0.29, 0.717) is 11.5 Å². The summed E-state index contributed by atoms with van der Waals surface area (Å²) in [7, 11) is 0. The first-order chi connectivity index (χ1) is 11.0. The number of nitrogens with one attached hydrogen (secondary N) is 1. The van der Waals surface area contributed by atoms with Crippen molar-refractivity contribution >= 4 is 17.2 Å². The number of aliphatic hydroxyl groups is 1. The van der Waals surface area contributed by atoms with E-state index in [9.17, 15) is 9.90 Å². The maximum absolute atomic E-state index is 12.6. The van der Waals surface area contributed by atoms with Crippen LogP contribution in [-0.4, -0.2) is 27.3 Å². The fourth-order valence-electron chi connectivity index (χ4n) is 2.77. The average molecular weight is 333 g/mol. The Kier molecular flexibility index (Phi) is 4.55. The first-order valence-electron chi connectivity index (χ1n) is 8.13. The van der Waals surface area contributed by atoms with Crippen LogP contribution in [0.15, 0.2) is 23.7 Å². The number of nitrogens with zero attached hydrogens (tertiary/aromatic N) is 2. The van der Waals surface area contributed by atoms with Crippen LogP contribution in [-0.2, 0) is 12.1 Å². The van der Waals surface area contributed by atoms with E-state index in [-0.39, 0.29) is 12.5 Å². The van der Waals surface area contributed by atoms with Gasteiger partial charge in [0.25, 0.3) is 5.91 Å². The number of carbonyl (C=O) groups excluding carboxylic acids is 1. The predicted octanol–water partition coefficient (Wildman–Crippen LogP) is 2.87. The summed E-state index contributed by atoms with van der Waals surface area (Å²) in [6, 6.07) is 3.78. The molecule has 3 rings (SSSR count). The zero-order valence-corrected chi connectivity index (χ0v) is 14.4. The molecule has 5 nitrogen and oxygen atoms in total. The molecule has 0 aromatic carbocycles. The van der Waals surface area contributed by atoms with Crippen molar-refractivity contribution in [3.8, 4) is 0 Å². The lowest BCUT2D eigenvalue weighted by Gasteiger charge is -2.22. The Morgan fingerprint density at radius 3 is 2.96 bits per heavy atom. The van der Waals surface area contributed by atoms with Gasteiger partial charge in [-0.3, -0.25) is 9.48 Å². The van der Waals surface area contributed by atoms with Gasteiger partial charge in [-0.15, -0.1) is 11.3 Å². The summed E-state index contributed by atoms with van der Waals surface area (Å²) in [6.45, 7) is 4.86. The van der Waals surface area contributed by atoms with Crippen LogP contribution in [0.1, 0.15) is 60.0 Å². The van der Waals surface area contributed by atoms with E-state index in [1.54, 1.807) is 13.1 Å². The van der Waals surface area contributed by atoms with Crippen LogP contribution in [0.4, 0.5) is 0 Å². The number of amides is 1. The third-order valence-electron chi connectivity index (χ3n) is 4.17. The SMILES string of the molecule is CCCn1ncc(C(=O)NCC(C)(O)c2cccs2)c1C1CC1. The maximum atomic E-state index is 12.6. The van der Waals surface area contributed by atoms with Crippen LogP contribution < -0.4 is 5.32 Å². The Bertz CT molecular complexity index is 672. The molecule has 1 atom stereocenters. The third-order valence-corrected chi connectivity index (χ3v) is 5.29. The minimum atomic E-state index is -1.05. The second kappa shape index (κ2) is 6.45. The highest BCUT2D eigenvalue weighted by Crippen LogP contribution is 2.41. The molecule has 0 saturated heterocycles. The molecule has 2 aromatic heterocycles. The van der Waals surface area contributed by atoms with Gasteiger partial charge in [-0.05, 0) is 37.6 Å². The fourth-order valence-corrected chi connectivity index (χ4v) is 3.55. The molecule has 0 bridgehead atoms. The average Bonchev–Trinajstić information content (AvgIpc) is 3.04. The molecule has 2 aromatic rings. The summed E-state index contributed by atoms with van der Waals surface area (Å²) in [5.41, 5.74) is 0.659. The molecule has 1 saturated carbocycles. The third kappa shape index (κ3) is 3.48. The zero-order valence-electron chi connectivity index (χ0n) is 13.6. The lowest BCUT2D eigenvalue weighted by atomic mass is 10.0. The molecule has 1 aliphatic rings. The van der Waals surface area contributed by atoms with Crippen LogP contribution in [0.3, 0.4) is 0 Å². The van der Waals surface area contributed by atoms with Gasteiger partial charge < -0.3 is 10.4 Å². The zero-order chi connectivity index (χ0) is 16.4. The molecule has 23 heavy (non-hydrogen) atoms. The molecule has 0 aliphatic heterocycles. The van der Waals surface area contributed by atoms with Crippen LogP contribution in [0.25, 0.3) is 0 Å². The van der Waals surface area contributed by atoms with E-state index < -0.39 is 5.60 Å². The van der Waals surface area contributed by atoms with Gasteiger partial charge >= 0.3 is 0 Å². The minimum absolute atomic E-state index is 0.147. The molecule has 2 heterocycles. The normalized spacial score (nSPS) is 17.0. The summed E-state index contributed by atoms with van der Waals surface area (Å²) in [5, 5.41) is 19.7. The number of aromatic nitrogens is 2. The monoisotopic (exact) mass is 333 g/mol. The second-order valence-corrected chi connectivity index (χ2v) is 7.32. The van der Waals surface area contributed by atoms with E-state index in [2.05, 4.69) is 17.3 Å². The van der Waals surface area contributed by atoms with Crippen molar-refractivity contribution in [2.75, 3.05) is 6.54 Å². The van der Waals surface area contributed by atoms with Gasteiger partial charge in [-0.25, -0.2) is 0 Å². The van der Waals surface area contributed by atoms with Crippen molar-refractivity contribution in [2.45, 2.75) is 51.2 Å². The van der Waals surface area contributed by atoms with Gasteiger partial charge in [-0.2, -0.15) is 5.10 Å². The molecule has 6 heteroatoms. The lowest BCUT2D eigenvalue weighted by molar-refractivity contribution is 0.0556. The summed E-state index contributed by atoms with van der Waals surface area (Å²) >= 11 is 1.49. The standard InChI is InChI=1S/C17H23N3O2S/c1-3-8-20-15(12-6-7-12)13(10-19-20)16(21)18-11-17(2,22)14-5-4-9-23-14/h4-5,9-10,12,22H,3,6-8,11H2,1-2H3,(H,18,21). The Balaban J connectivity index is 1.71. The van der Waals surface area contributed by atoms with Gasteiger partial charge in [0.05, 0.1) is 24.0 Å². The van der Waals surface area contributed by atoms with Gasteiger partial charge in [0.1, 0.15) is 5.60 Å². The van der Waals surface area contributed by atoms with Crippen molar-refractivity contribution in [1.29, 1.82) is 0 Å². The summed E-state index contributed by atoms with van der Waals surface area (Å²) in [6.07, 6.45) is 4.92. The molecular weight excluding hydrogens is 310 g/mol. The molecule has 0 radical (unpaired) electrons. The molecule has 124 valence electrons. The quantitative estimate of drug-likeness (QED) is 0.819. The van der Waals surface area contributed by atoms with Crippen LogP contribution in [0.2, 0.25) is 0 Å². The van der Waals surface area contributed by atoms with Crippen LogP contribution in [0.5, 0.6) is 0 Å².